The molecule has 3 aromatic rings. The summed E-state index contributed by atoms with van der Waals surface area (Å²) in [6.45, 7) is 0.936. The van der Waals surface area contributed by atoms with E-state index in [1.807, 2.05) is 30.3 Å². The van der Waals surface area contributed by atoms with Crippen LogP contribution in [0.15, 0.2) is 48.5 Å². The van der Waals surface area contributed by atoms with E-state index in [1.165, 1.54) is 6.07 Å². The van der Waals surface area contributed by atoms with Gasteiger partial charge < -0.3 is 40.1 Å². The van der Waals surface area contributed by atoms with Crippen LogP contribution in [0, 0.1) is 6.92 Å². The van der Waals surface area contributed by atoms with E-state index >= 15 is 0 Å². The summed E-state index contributed by atoms with van der Waals surface area (Å²) in [5, 5.41) is 61.0. The number of carboxylic acids is 1. The van der Waals surface area contributed by atoms with E-state index in [9.17, 15) is 40.2 Å². The molecule has 4 rings (SSSR count). The minimum Gasteiger partial charge on any atom is -0.506 e. The molecule has 0 bridgehead atoms. The largest absolute Gasteiger partial charge is 0.506 e. The number of fused-ring (bicyclic) bond motifs is 1. The van der Waals surface area contributed by atoms with Crippen molar-refractivity contribution < 1.29 is 49.7 Å². The van der Waals surface area contributed by atoms with Crippen LogP contribution in [0.25, 0.3) is 10.8 Å². The second kappa shape index (κ2) is 10.8. The lowest BCUT2D eigenvalue weighted by atomic mass is 9.93. The van der Waals surface area contributed by atoms with Gasteiger partial charge in [0.05, 0.1) is 23.1 Å². The maximum Gasteiger partial charge on any atom is 0.335 e. The molecule has 1 saturated heterocycles. The molecule has 3 aromatic carbocycles. The predicted octanol–water partition coefficient (Wildman–Crippen LogP) is 1.55. The third-order valence-corrected chi connectivity index (χ3v) is 6.47. The SMILES string of the molecule is Cc1cc2cc(C(=O)O)cc(OC3OC(CO)C(O)C(O)C3O)c2c(O)c1C(=O)CCc1ccccc1. The molecule has 1 heterocycles. The second-order valence-electron chi connectivity index (χ2n) is 9.02. The molecule has 10 nitrogen and oxygen atoms in total. The van der Waals surface area contributed by atoms with Crippen LogP contribution >= 0.6 is 0 Å². The topological polar surface area (TPSA) is 174 Å². The molecule has 0 aliphatic carbocycles. The molecule has 0 radical (unpaired) electrons. The summed E-state index contributed by atoms with van der Waals surface area (Å²) in [6, 6.07) is 13.3. The van der Waals surface area contributed by atoms with E-state index in [0.717, 1.165) is 11.6 Å². The van der Waals surface area contributed by atoms with Gasteiger partial charge in [-0.15, -0.1) is 0 Å². The number of carbonyl (C=O) groups is 2. The summed E-state index contributed by atoms with van der Waals surface area (Å²) < 4.78 is 11.1. The molecule has 1 fully saturated rings. The minimum atomic E-state index is -1.76. The molecular formula is C27H28O10. The van der Waals surface area contributed by atoms with Crippen molar-refractivity contribution >= 4 is 22.5 Å². The van der Waals surface area contributed by atoms with Gasteiger partial charge >= 0.3 is 5.97 Å². The number of hydrogen-bond donors (Lipinski definition) is 6. The number of phenols is 1. The van der Waals surface area contributed by atoms with Crippen LogP contribution in [0.5, 0.6) is 11.5 Å². The Morgan fingerprint density at radius 3 is 2.35 bits per heavy atom. The van der Waals surface area contributed by atoms with Gasteiger partial charge in [0, 0.05) is 6.42 Å². The Hall–Kier alpha value is -3.54. The average Bonchev–Trinajstić information content (AvgIpc) is 2.87. The molecule has 0 amide bonds. The molecule has 0 spiro atoms. The number of aromatic hydroxyl groups is 1. The monoisotopic (exact) mass is 512 g/mol. The normalized spacial score (nSPS) is 23.6. The fourth-order valence-electron chi connectivity index (χ4n) is 4.51. The molecule has 1 aliphatic rings. The quantitative estimate of drug-likeness (QED) is 0.243. The van der Waals surface area contributed by atoms with Gasteiger partial charge in [0.1, 0.15) is 35.9 Å². The van der Waals surface area contributed by atoms with Crippen LogP contribution in [-0.2, 0) is 11.2 Å². The number of ketones is 1. The zero-order valence-electron chi connectivity index (χ0n) is 19.9. The molecule has 37 heavy (non-hydrogen) atoms. The fourth-order valence-corrected chi connectivity index (χ4v) is 4.51. The van der Waals surface area contributed by atoms with Crippen LogP contribution in [0.4, 0.5) is 0 Å². The number of carbonyl (C=O) groups excluding carboxylic acids is 1. The maximum absolute atomic E-state index is 13.1. The molecule has 196 valence electrons. The Kier molecular flexibility index (Phi) is 7.76. The molecule has 6 N–H and O–H groups in total. The highest BCUT2D eigenvalue weighted by molar-refractivity contribution is 6.09. The van der Waals surface area contributed by atoms with Crippen molar-refractivity contribution in [3.63, 3.8) is 0 Å². The van der Waals surface area contributed by atoms with Crippen molar-refractivity contribution in [1.29, 1.82) is 0 Å². The van der Waals surface area contributed by atoms with Crippen LogP contribution in [0.2, 0.25) is 0 Å². The van der Waals surface area contributed by atoms with Gasteiger partial charge in [-0.1, -0.05) is 36.4 Å². The number of aliphatic hydroxyl groups excluding tert-OH is 4. The van der Waals surface area contributed by atoms with Gasteiger partial charge in [0.25, 0.3) is 0 Å². The third kappa shape index (κ3) is 5.29. The highest BCUT2D eigenvalue weighted by Gasteiger charge is 2.45. The standard InChI is InChI=1S/C27H28O10/c1-13-9-15-10-16(26(34)35)11-18(36-27-25(33)24(32)22(30)19(12-28)37-27)21(15)23(31)20(13)17(29)8-7-14-5-3-2-4-6-14/h2-6,9-11,19,22,24-25,27-28,30-33H,7-8,12H2,1H3,(H,34,35). The summed E-state index contributed by atoms with van der Waals surface area (Å²) in [5.41, 5.74) is 1.23. The third-order valence-electron chi connectivity index (χ3n) is 6.47. The van der Waals surface area contributed by atoms with E-state index in [2.05, 4.69) is 0 Å². The Labute approximate surface area is 211 Å². The molecule has 5 atom stereocenters. The zero-order valence-corrected chi connectivity index (χ0v) is 19.9. The number of rotatable bonds is 8. The van der Waals surface area contributed by atoms with Crippen molar-refractivity contribution in [2.24, 2.45) is 0 Å². The first-order valence-electron chi connectivity index (χ1n) is 11.7. The molecular weight excluding hydrogens is 484 g/mol. The Morgan fingerprint density at radius 2 is 1.70 bits per heavy atom. The lowest BCUT2D eigenvalue weighted by Gasteiger charge is -2.39. The number of aromatic carboxylic acids is 1. The van der Waals surface area contributed by atoms with Crippen molar-refractivity contribution in [1.82, 2.24) is 0 Å². The summed E-state index contributed by atoms with van der Waals surface area (Å²) in [6.07, 6.45) is -7.43. The van der Waals surface area contributed by atoms with Crippen molar-refractivity contribution in [3.8, 4) is 11.5 Å². The number of hydrogen-bond acceptors (Lipinski definition) is 9. The highest BCUT2D eigenvalue weighted by Crippen LogP contribution is 2.41. The average molecular weight is 513 g/mol. The van der Waals surface area contributed by atoms with Crippen LogP contribution < -0.4 is 4.74 Å². The first-order valence-corrected chi connectivity index (χ1v) is 11.7. The number of ether oxygens (including phenoxy) is 2. The molecule has 5 unspecified atom stereocenters. The van der Waals surface area contributed by atoms with E-state index in [4.69, 9.17) is 9.47 Å². The molecule has 0 aromatic heterocycles. The number of aliphatic hydroxyl groups is 4. The molecule has 0 saturated carbocycles. The van der Waals surface area contributed by atoms with Crippen molar-refractivity contribution in [3.05, 3.63) is 70.8 Å². The number of aryl methyl sites for hydroxylation is 2. The Balaban J connectivity index is 1.76. The number of benzene rings is 3. The lowest BCUT2D eigenvalue weighted by Crippen LogP contribution is -2.60. The van der Waals surface area contributed by atoms with Crippen molar-refractivity contribution in [2.45, 2.75) is 50.5 Å². The first kappa shape index (κ1) is 26.5. The molecule has 10 heteroatoms. The van der Waals surface area contributed by atoms with Gasteiger partial charge in [0.2, 0.25) is 6.29 Å². The summed E-state index contributed by atoms with van der Waals surface area (Å²) >= 11 is 0. The zero-order chi connectivity index (χ0) is 26.9. The Bertz CT molecular complexity index is 1300. The van der Waals surface area contributed by atoms with E-state index in [-0.39, 0.29) is 39.9 Å². The maximum atomic E-state index is 13.1. The summed E-state index contributed by atoms with van der Waals surface area (Å²) in [7, 11) is 0. The number of Topliss-reactive ketones (excluding diaryl/α,β-unsaturated/α-hetero) is 1. The minimum absolute atomic E-state index is 0.00983. The van der Waals surface area contributed by atoms with Gasteiger partial charge in [-0.25, -0.2) is 4.79 Å². The summed E-state index contributed by atoms with van der Waals surface area (Å²) in [4.78, 5) is 24.9. The van der Waals surface area contributed by atoms with Crippen molar-refractivity contribution in [2.75, 3.05) is 6.61 Å². The predicted molar refractivity (Wildman–Crippen MR) is 131 cm³/mol. The second-order valence-corrected chi connectivity index (χ2v) is 9.02. The Morgan fingerprint density at radius 1 is 1.00 bits per heavy atom. The highest BCUT2D eigenvalue weighted by atomic mass is 16.7. The summed E-state index contributed by atoms with van der Waals surface area (Å²) in [5.74, 6) is -2.28. The smallest absolute Gasteiger partial charge is 0.335 e. The van der Waals surface area contributed by atoms with Gasteiger partial charge in [-0.05, 0) is 42.0 Å². The first-order chi connectivity index (χ1) is 17.6. The molecule has 1 aliphatic heterocycles. The van der Waals surface area contributed by atoms with E-state index in [0.29, 0.717) is 12.0 Å². The number of phenolic OH excluding ortho intramolecular Hbond substituents is 1. The van der Waals surface area contributed by atoms with Gasteiger partial charge in [-0.3, -0.25) is 4.79 Å². The van der Waals surface area contributed by atoms with Crippen LogP contribution in [-0.4, -0.2) is 79.7 Å². The number of carboxylic acid groups (broad SMARTS) is 1. The van der Waals surface area contributed by atoms with Crippen LogP contribution in [0.1, 0.15) is 38.3 Å². The van der Waals surface area contributed by atoms with Gasteiger partial charge in [-0.2, -0.15) is 0 Å². The fraction of sp³-hybridized carbons (Fsp3) is 0.333. The van der Waals surface area contributed by atoms with Gasteiger partial charge in [0.15, 0.2) is 5.78 Å². The lowest BCUT2D eigenvalue weighted by molar-refractivity contribution is -0.277. The van der Waals surface area contributed by atoms with E-state index < -0.39 is 49.0 Å². The van der Waals surface area contributed by atoms with E-state index in [1.54, 1.807) is 13.0 Å². The van der Waals surface area contributed by atoms with Crippen LogP contribution in [0.3, 0.4) is 0 Å².